The van der Waals surface area contributed by atoms with Crippen molar-refractivity contribution in [3.05, 3.63) is 12.0 Å². The molecule has 0 aliphatic rings. The fourth-order valence-electron chi connectivity index (χ4n) is 2.77. The van der Waals surface area contributed by atoms with Crippen molar-refractivity contribution in [3.8, 4) is 0 Å². The van der Waals surface area contributed by atoms with Crippen molar-refractivity contribution in [1.82, 2.24) is 0 Å². The second-order valence-electron chi connectivity index (χ2n) is 6.36. The molecule has 0 fully saturated rings. The molecular formula is C18H36NO3+. The summed E-state index contributed by atoms with van der Waals surface area (Å²) in [6.07, 6.45) is 11.0. The van der Waals surface area contributed by atoms with Gasteiger partial charge in [-0.3, -0.25) is 4.48 Å². The third-order valence-corrected chi connectivity index (χ3v) is 4.07. The zero-order valence-corrected chi connectivity index (χ0v) is 14.8. The smallest absolute Gasteiger partial charge is 0.359 e. The van der Waals surface area contributed by atoms with Crippen LogP contribution < -0.4 is 0 Å². The van der Waals surface area contributed by atoms with E-state index in [1.54, 1.807) is 0 Å². The highest BCUT2D eigenvalue weighted by molar-refractivity contribution is 5.68. The fourth-order valence-corrected chi connectivity index (χ4v) is 2.77. The number of carbonyl (C=O) groups is 1. The molecule has 4 nitrogen and oxygen atoms in total. The van der Waals surface area contributed by atoms with Crippen LogP contribution in [0.15, 0.2) is 12.0 Å². The third-order valence-electron chi connectivity index (χ3n) is 4.07. The Bertz CT molecular complexity index is 318. The lowest BCUT2D eigenvalue weighted by molar-refractivity contribution is -0.873. The molecule has 0 aliphatic heterocycles. The van der Waals surface area contributed by atoms with Crippen LogP contribution in [0.3, 0.4) is 0 Å². The van der Waals surface area contributed by atoms with Gasteiger partial charge in [0, 0.05) is 6.42 Å². The molecule has 0 heterocycles. The van der Waals surface area contributed by atoms with Crippen molar-refractivity contribution in [3.63, 3.8) is 0 Å². The average molecular weight is 314 g/mol. The van der Waals surface area contributed by atoms with Gasteiger partial charge in [-0.15, -0.1) is 0 Å². The largest absolute Gasteiger partial charge is 0.507 e. The molecule has 0 aromatic heterocycles. The molecule has 0 saturated carbocycles. The normalized spacial score (nSPS) is 12.6. The number of hydrogen-bond donors (Lipinski definition) is 2. The van der Waals surface area contributed by atoms with Crippen LogP contribution in [0.1, 0.15) is 78.6 Å². The summed E-state index contributed by atoms with van der Waals surface area (Å²) in [4.78, 5) is 11.3. The van der Waals surface area contributed by atoms with Crippen LogP contribution in [0.25, 0.3) is 0 Å². The zero-order valence-electron chi connectivity index (χ0n) is 14.8. The number of aliphatic carboxylic acids is 1. The molecule has 0 unspecified atom stereocenters. The van der Waals surface area contributed by atoms with Gasteiger partial charge in [0.1, 0.15) is 12.0 Å². The summed E-state index contributed by atoms with van der Waals surface area (Å²) in [6, 6.07) is 0. The van der Waals surface area contributed by atoms with E-state index in [1.807, 2.05) is 6.20 Å². The number of unbranched alkanes of at least 4 members (excludes halogenated alkanes) is 5. The highest BCUT2D eigenvalue weighted by Crippen LogP contribution is 2.18. The summed E-state index contributed by atoms with van der Waals surface area (Å²) >= 11 is 0. The lowest BCUT2D eigenvalue weighted by Crippen LogP contribution is -2.48. The van der Waals surface area contributed by atoms with E-state index in [0.717, 1.165) is 51.6 Å². The first-order chi connectivity index (χ1) is 10.5. The SMILES string of the molecule is CCCCCC/C(O)=C/[N+](CCCC)(CCCC)CC(=O)O. The molecule has 0 aliphatic carbocycles. The topological polar surface area (TPSA) is 57.5 Å². The maximum absolute atomic E-state index is 11.3. The fraction of sp³-hybridized carbons (Fsp3) is 0.833. The van der Waals surface area contributed by atoms with Crippen molar-refractivity contribution in [2.24, 2.45) is 0 Å². The molecule has 4 heteroatoms. The number of hydrogen-bond acceptors (Lipinski definition) is 2. The first kappa shape index (κ1) is 21.0. The van der Waals surface area contributed by atoms with Crippen LogP contribution in [-0.4, -0.2) is 40.3 Å². The van der Waals surface area contributed by atoms with Gasteiger partial charge in [0.15, 0.2) is 6.54 Å². The summed E-state index contributed by atoms with van der Waals surface area (Å²) in [7, 11) is 0. The molecule has 0 amide bonds. The summed E-state index contributed by atoms with van der Waals surface area (Å²) in [5.74, 6) is -0.424. The minimum atomic E-state index is -0.790. The van der Waals surface area contributed by atoms with Crippen LogP contribution in [0, 0.1) is 0 Å². The van der Waals surface area contributed by atoms with E-state index in [9.17, 15) is 15.0 Å². The Morgan fingerprint density at radius 1 is 0.864 bits per heavy atom. The van der Waals surface area contributed by atoms with Crippen molar-refractivity contribution in [2.75, 3.05) is 19.6 Å². The van der Waals surface area contributed by atoms with E-state index in [1.165, 1.54) is 12.8 Å². The van der Waals surface area contributed by atoms with Crippen LogP contribution >= 0.6 is 0 Å². The standard InChI is InChI=1S/C18H35NO3/c1-4-7-10-11-12-17(20)15-19(13-8-5-2,14-9-6-3)16-18(21)22/h15H,4-14,16H2,1-3H3,(H-,20,21,22)/p+1/b17-15-. The van der Waals surface area contributed by atoms with Gasteiger partial charge in [0.05, 0.1) is 13.1 Å². The van der Waals surface area contributed by atoms with Gasteiger partial charge in [-0.05, 0) is 19.3 Å². The van der Waals surface area contributed by atoms with Gasteiger partial charge in [-0.1, -0.05) is 52.9 Å². The molecule has 0 rings (SSSR count). The molecule has 0 bridgehead atoms. The van der Waals surface area contributed by atoms with Gasteiger partial charge in [0.25, 0.3) is 0 Å². The molecular weight excluding hydrogens is 278 g/mol. The molecule has 2 N–H and O–H groups in total. The van der Waals surface area contributed by atoms with Crippen molar-refractivity contribution in [2.45, 2.75) is 78.6 Å². The monoisotopic (exact) mass is 314 g/mol. The maximum atomic E-state index is 11.3. The van der Waals surface area contributed by atoms with Crippen LogP contribution in [0.2, 0.25) is 0 Å². The van der Waals surface area contributed by atoms with Gasteiger partial charge in [0.2, 0.25) is 0 Å². The molecule has 130 valence electrons. The van der Waals surface area contributed by atoms with Gasteiger partial charge in [-0.2, -0.15) is 0 Å². The molecule has 0 aromatic rings. The lowest BCUT2D eigenvalue weighted by Gasteiger charge is -2.33. The highest BCUT2D eigenvalue weighted by atomic mass is 16.4. The summed E-state index contributed by atoms with van der Waals surface area (Å²) in [5.41, 5.74) is 0. The quantitative estimate of drug-likeness (QED) is 0.273. The molecule has 22 heavy (non-hydrogen) atoms. The maximum Gasteiger partial charge on any atom is 0.359 e. The Morgan fingerprint density at radius 2 is 1.41 bits per heavy atom. The minimum Gasteiger partial charge on any atom is -0.507 e. The number of aliphatic hydroxyl groups is 1. The number of rotatable bonds is 14. The summed E-state index contributed by atoms with van der Waals surface area (Å²) < 4.78 is 0.386. The summed E-state index contributed by atoms with van der Waals surface area (Å²) in [5, 5.41) is 19.5. The van der Waals surface area contributed by atoms with Gasteiger partial charge >= 0.3 is 5.97 Å². The molecule has 0 saturated heterocycles. The van der Waals surface area contributed by atoms with Crippen LogP contribution in [0.4, 0.5) is 0 Å². The number of carboxylic acids is 1. The Hall–Kier alpha value is -1.03. The Labute approximate surface area is 136 Å². The van der Waals surface area contributed by atoms with Crippen molar-refractivity contribution in [1.29, 1.82) is 0 Å². The predicted octanol–water partition coefficient (Wildman–Crippen LogP) is 4.86. The molecule has 0 atom stereocenters. The average Bonchev–Trinajstić information content (AvgIpc) is 2.47. The van der Waals surface area contributed by atoms with Gasteiger partial charge in [-0.25, -0.2) is 4.79 Å². The van der Waals surface area contributed by atoms with Crippen LogP contribution in [-0.2, 0) is 4.79 Å². The number of nitrogens with zero attached hydrogens (tertiary/aromatic N) is 1. The Balaban J connectivity index is 4.92. The second kappa shape index (κ2) is 12.5. The Morgan fingerprint density at radius 3 is 1.86 bits per heavy atom. The van der Waals surface area contributed by atoms with E-state index >= 15 is 0 Å². The van der Waals surface area contributed by atoms with E-state index in [2.05, 4.69) is 20.8 Å². The Kier molecular flexibility index (Phi) is 11.9. The summed E-state index contributed by atoms with van der Waals surface area (Å²) in [6.45, 7) is 8.05. The van der Waals surface area contributed by atoms with Crippen molar-refractivity contribution >= 4 is 5.97 Å². The number of allylic oxidation sites excluding steroid dienone is 1. The molecule has 0 aromatic carbocycles. The first-order valence-electron chi connectivity index (χ1n) is 8.98. The van der Waals surface area contributed by atoms with Gasteiger partial charge < -0.3 is 10.2 Å². The minimum absolute atomic E-state index is 0.0685. The van der Waals surface area contributed by atoms with E-state index in [-0.39, 0.29) is 6.54 Å². The third kappa shape index (κ3) is 9.82. The van der Waals surface area contributed by atoms with E-state index in [4.69, 9.17) is 0 Å². The number of carboxylic acid groups (broad SMARTS) is 1. The van der Waals surface area contributed by atoms with E-state index < -0.39 is 5.97 Å². The molecule has 0 radical (unpaired) electrons. The highest BCUT2D eigenvalue weighted by Gasteiger charge is 2.28. The van der Waals surface area contributed by atoms with Crippen molar-refractivity contribution < 1.29 is 19.5 Å². The number of quaternary nitrogens is 1. The molecule has 0 spiro atoms. The lowest BCUT2D eigenvalue weighted by atomic mass is 10.1. The van der Waals surface area contributed by atoms with E-state index in [0.29, 0.717) is 16.7 Å². The first-order valence-corrected chi connectivity index (χ1v) is 8.98. The second-order valence-corrected chi connectivity index (χ2v) is 6.36. The zero-order chi connectivity index (χ0) is 16.8. The number of aliphatic hydroxyl groups excluding tert-OH is 1. The predicted molar refractivity (Wildman–Crippen MR) is 91.8 cm³/mol. The van der Waals surface area contributed by atoms with Crippen LogP contribution in [0.5, 0.6) is 0 Å².